The monoisotopic (exact) mass is 262 g/mol. The molecule has 0 radical (unpaired) electrons. The maximum Gasteiger partial charge on any atom is 0.285 e. The number of hydrogen-bond acceptors (Lipinski definition) is 2. The summed E-state index contributed by atoms with van der Waals surface area (Å²) in [4.78, 5) is 13.1. The molecule has 2 aromatic rings. The van der Waals surface area contributed by atoms with E-state index in [0.717, 1.165) is 34.9 Å². The van der Waals surface area contributed by atoms with Crippen LogP contribution in [-0.4, -0.2) is 15.5 Å². The molecule has 1 aromatic heterocycles. The third-order valence-corrected chi connectivity index (χ3v) is 4.04. The van der Waals surface area contributed by atoms with Gasteiger partial charge in [-0.25, -0.2) is 4.68 Å². The molecular weight excluding hydrogens is 244 g/mol. The van der Waals surface area contributed by atoms with Crippen LogP contribution in [0, 0.1) is 6.92 Å². The highest BCUT2D eigenvalue weighted by Crippen LogP contribution is 2.19. The third kappa shape index (κ3) is 2.70. The summed E-state index contributed by atoms with van der Waals surface area (Å²) in [5.74, 6) is 0.999. The topological polar surface area (TPSA) is 37.8 Å². The lowest BCUT2D eigenvalue weighted by atomic mass is 10.3. The Bertz CT molecular complexity index is 557. The Hall–Kier alpha value is -1.42. The van der Waals surface area contributed by atoms with E-state index in [1.165, 1.54) is 0 Å². The molecule has 0 aliphatic heterocycles. The van der Waals surface area contributed by atoms with Crippen molar-refractivity contribution < 1.29 is 0 Å². The molecule has 96 valence electrons. The van der Waals surface area contributed by atoms with Crippen molar-refractivity contribution in [2.24, 2.45) is 0 Å². The van der Waals surface area contributed by atoms with E-state index in [-0.39, 0.29) is 5.56 Å². The Balaban J connectivity index is 2.30. The lowest BCUT2D eigenvalue weighted by Gasteiger charge is -1.99. The fourth-order valence-corrected chi connectivity index (χ4v) is 2.89. The predicted octanol–water partition coefficient (Wildman–Crippen LogP) is 3.37. The van der Waals surface area contributed by atoms with Gasteiger partial charge < -0.3 is 0 Å². The second-order valence-corrected chi connectivity index (χ2v) is 5.35. The maximum atomic E-state index is 12.3. The summed E-state index contributed by atoms with van der Waals surface area (Å²) in [6, 6.07) is 9.67. The van der Waals surface area contributed by atoms with Gasteiger partial charge in [-0.05, 0) is 31.2 Å². The Labute approximate surface area is 111 Å². The zero-order chi connectivity index (χ0) is 13.0. The molecule has 1 N–H and O–H groups in total. The molecule has 18 heavy (non-hydrogen) atoms. The number of thioether (sulfide) groups is 1. The van der Waals surface area contributed by atoms with Crippen LogP contribution in [0.1, 0.15) is 25.5 Å². The predicted molar refractivity (Wildman–Crippen MR) is 76.8 cm³/mol. The van der Waals surface area contributed by atoms with E-state index in [1.807, 2.05) is 37.3 Å². The van der Waals surface area contributed by atoms with Crippen LogP contribution in [-0.2, 0) is 0 Å². The molecule has 0 aliphatic rings. The fourth-order valence-electron chi connectivity index (χ4n) is 1.78. The van der Waals surface area contributed by atoms with E-state index in [2.05, 4.69) is 12.0 Å². The van der Waals surface area contributed by atoms with Crippen molar-refractivity contribution in [2.45, 2.75) is 31.6 Å². The quantitative estimate of drug-likeness (QED) is 0.662. The second kappa shape index (κ2) is 5.96. The number of rotatable bonds is 5. The van der Waals surface area contributed by atoms with Gasteiger partial charge >= 0.3 is 0 Å². The van der Waals surface area contributed by atoms with Gasteiger partial charge in [0, 0.05) is 5.69 Å². The SMILES string of the molecule is CCCCSc1c(C)[nH]n(-c2ccccc2)c1=O. The van der Waals surface area contributed by atoms with Crippen LogP contribution in [0.3, 0.4) is 0 Å². The lowest BCUT2D eigenvalue weighted by molar-refractivity contribution is 0.834. The van der Waals surface area contributed by atoms with Crippen molar-refractivity contribution in [3.8, 4) is 5.69 Å². The number of para-hydroxylation sites is 1. The lowest BCUT2D eigenvalue weighted by Crippen LogP contribution is -2.15. The molecular formula is C14H18N2OS. The first-order valence-corrected chi connectivity index (χ1v) is 7.22. The third-order valence-electron chi connectivity index (χ3n) is 2.78. The van der Waals surface area contributed by atoms with Gasteiger partial charge in [-0.2, -0.15) is 0 Å². The number of hydrogen-bond donors (Lipinski definition) is 1. The summed E-state index contributed by atoms with van der Waals surface area (Å²) in [6.45, 7) is 4.11. The molecule has 0 fully saturated rings. The van der Waals surface area contributed by atoms with Gasteiger partial charge in [-0.3, -0.25) is 9.89 Å². The van der Waals surface area contributed by atoms with Crippen LogP contribution in [0.5, 0.6) is 0 Å². The van der Waals surface area contributed by atoms with Crippen molar-refractivity contribution in [3.05, 3.63) is 46.4 Å². The number of aromatic amines is 1. The van der Waals surface area contributed by atoms with Crippen LogP contribution in [0.15, 0.2) is 40.0 Å². The number of aryl methyl sites for hydroxylation is 1. The highest BCUT2D eigenvalue weighted by molar-refractivity contribution is 7.99. The number of aromatic nitrogens is 2. The standard InChI is InChI=1S/C14H18N2OS/c1-3-4-10-18-13-11(2)15-16(14(13)17)12-8-6-5-7-9-12/h5-9,15H,3-4,10H2,1-2H3. The molecule has 3 nitrogen and oxygen atoms in total. The summed E-state index contributed by atoms with van der Waals surface area (Å²) in [6.07, 6.45) is 2.30. The Kier molecular flexibility index (Phi) is 4.31. The van der Waals surface area contributed by atoms with Gasteiger partial charge in [0.25, 0.3) is 5.56 Å². The molecule has 0 aliphatic carbocycles. The van der Waals surface area contributed by atoms with Crippen molar-refractivity contribution in [1.29, 1.82) is 0 Å². The highest BCUT2D eigenvalue weighted by atomic mass is 32.2. The number of nitrogens with zero attached hydrogens (tertiary/aromatic N) is 1. The number of nitrogens with one attached hydrogen (secondary N) is 1. The average Bonchev–Trinajstić information content (AvgIpc) is 2.68. The van der Waals surface area contributed by atoms with Crippen molar-refractivity contribution in [1.82, 2.24) is 9.78 Å². The first-order chi connectivity index (χ1) is 8.74. The molecule has 0 spiro atoms. The summed E-state index contributed by atoms with van der Waals surface area (Å²) in [5, 5.41) is 3.14. The molecule has 0 unspecified atom stereocenters. The zero-order valence-corrected chi connectivity index (χ0v) is 11.6. The Morgan fingerprint density at radius 2 is 2.00 bits per heavy atom. The number of H-pyrrole nitrogens is 1. The Morgan fingerprint density at radius 3 is 2.67 bits per heavy atom. The van der Waals surface area contributed by atoms with Gasteiger partial charge in [0.1, 0.15) is 0 Å². The van der Waals surface area contributed by atoms with Crippen LogP contribution in [0.4, 0.5) is 0 Å². The van der Waals surface area contributed by atoms with Gasteiger partial charge in [0.05, 0.1) is 10.6 Å². The van der Waals surface area contributed by atoms with Crippen LogP contribution >= 0.6 is 11.8 Å². The van der Waals surface area contributed by atoms with E-state index >= 15 is 0 Å². The van der Waals surface area contributed by atoms with E-state index in [0.29, 0.717) is 0 Å². The van der Waals surface area contributed by atoms with E-state index in [4.69, 9.17) is 0 Å². The highest BCUT2D eigenvalue weighted by Gasteiger charge is 2.12. The normalized spacial score (nSPS) is 10.8. The minimum Gasteiger partial charge on any atom is -0.294 e. The van der Waals surface area contributed by atoms with E-state index < -0.39 is 0 Å². The molecule has 1 heterocycles. The van der Waals surface area contributed by atoms with Crippen molar-refractivity contribution >= 4 is 11.8 Å². The summed E-state index contributed by atoms with van der Waals surface area (Å²) < 4.78 is 1.61. The first kappa shape index (κ1) is 13.0. The van der Waals surface area contributed by atoms with Crippen LogP contribution in [0.25, 0.3) is 5.69 Å². The number of benzene rings is 1. The molecule has 0 saturated carbocycles. The fraction of sp³-hybridized carbons (Fsp3) is 0.357. The summed E-state index contributed by atoms with van der Waals surface area (Å²) >= 11 is 1.65. The van der Waals surface area contributed by atoms with Gasteiger partial charge in [0.2, 0.25) is 0 Å². The maximum absolute atomic E-state index is 12.3. The zero-order valence-electron chi connectivity index (χ0n) is 10.8. The summed E-state index contributed by atoms with van der Waals surface area (Å²) in [7, 11) is 0. The molecule has 4 heteroatoms. The molecule has 0 saturated heterocycles. The van der Waals surface area contributed by atoms with Gasteiger partial charge in [-0.15, -0.1) is 11.8 Å². The van der Waals surface area contributed by atoms with Gasteiger partial charge in [0.15, 0.2) is 0 Å². The largest absolute Gasteiger partial charge is 0.294 e. The van der Waals surface area contributed by atoms with E-state index in [1.54, 1.807) is 16.4 Å². The summed E-state index contributed by atoms with van der Waals surface area (Å²) in [5.41, 5.74) is 1.89. The molecule has 0 atom stereocenters. The second-order valence-electron chi connectivity index (χ2n) is 4.24. The minimum atomic E-state index is 0.0554. The van der Waals surface area contributed by atoms with Crippen LogP contribution in [0.2, 0.25) is 0 Å². The first-order valence-electron chi connectivity index (χ1n) is 6.24. The molecule has 2 rings (SSSR count). The Morgan fingerprint density at radius 1 is 1.28 bits per heavy atom. The van der Waals surface area contributed by atoms with Crippen molar-refractivity contribution in [3.63, 3.8) is 0 Å². The molecule has 1 aromatic carbocycles. The minimum absolute atomic E-state index is 0.0554. The van der Waals surface area contributed by atoms with Crippen molar-refractivity contribution in [2.75, 3.05) is 5.75 Å². The molecule has 0 amide bonds. The average molecular weight is 262 g/mol. The van der Waals surface area contributed by atoms with Crippen LogP contribution < -0.4 is 5.56 Å². The van der Waals surface area contributed by atoms with E-state index in [9.17, 15) is 4.79 Å². The molecule has 0 bridgehead atoms. The smallest absolute Gasteiger partial charge is 0.285 e. The van der Waals surface area contributed by atoms with Gasteiger partial charge in [-0.1, -0.05) is 31.5 Å². The number of unbranched alkanes of at least 4 members (excludes halogenated alkanes) is 1.